The molecular formula is C12H20N2O2. The third-order valence-electron chi connectivity index (χ3n) is 3.59. The van der Waals surface area contributed by atoms with Crippen molar-refractivity contribution in [1.29, 1.82) is 0 Å². The Hall–Kier alpha value is -0.840. The van der Waals surface area contributed by atoms with Crippen LogP contribution in [-0.4, -0.2) is 37.2 Å². The molecule has 2 N–H and O–H groups in total. The Balaban J connectivity index is 2.02. The summed E-state index contributed by atoms with van der Waals surface area (Å²) in [7, 11) is 2.11. The number of ether oxygens (including phenoxy) is 1. The second kappa shape index (κ2) is 4.99. The maximum Gasteiger partial charge on any atom is 0.117 e. The topological polar surface area (TPSA) is 51.6 Å². The van der Waals surface area contributed by atoms with Crippen LogP contribution >= 0.6 is 0 Å². The summed E-state index contributed by atoms with van der Waals surface area (Å²) in [5.74, 6) is 0.988. The monoisotopic (exact) mass is 224 g/mol. The molecule has 1 aliphatic rings. The largest absolute Gasteiger partial charge is 0.468 e. The van der Waals surface area contributed by atoms with Gasteiger partial charge in [-0.3, -0.25) is 4.90 Å². The maximum atomic E-state index is 5.94. The van der Waals surface area contributed by atoms with Crippen molar-refractivity contribution >= 4 is 0 Å². The molecule has 4 nitrogen and oxygen atoms in total. The van der Waals surface area contributed by atoms with Gasteiger partial charge in [-0.25, -0.2) is 0 Å². The van der Waals surface area contributed by atoms with Crippen molar-refractivity contribution in [2.75, 3.05) is 26.8 Å². The quantitative estimate of drug-likeness (QED) is 0.835. The molecule has 1 fully saturated rings. The van der Waals surface area contributed by atoms with E-state index in [0.717, 1.165) is 38.4 Å². The Labute approximate surface area is 96.4 Å². The summed E-state index contributed by atoms with van der Waals surface area (Å²) in [6.07, 6.45) is 3.71. The molecular weight excluding hydrogens is 204 g/mol. The van der Waals surface area contributed by atoms with E-state index < -0.39 is 0 Å². The fraction of sp³-hybridized carbons (Fsp3) is 0.667. The fourth-order valence-corrected chi connectivity index (χ4v) is 2.30. The van der Waals surface area contributed by atoms with Gasteiger partial charge in [-0.15, -0.1) is 0 Å². The van der Waals surface area contributed by atoms with Crippen LogP contribution in [0.4, 0.5) is 0 Å². The lowest BCUT2D eigenvalue weighted by atomic mass is 9.88. The van der Waals surface area contributed by atoms with Gasteiger partial charge in [0.1, 0.15) is 5.76 Å². The van der Waals surface area contributed by atoms with Crippen molar-refractivity contribution in [2.24, 2.45) is 5.73 Å². The van der Waals surface area contributed by atoms with Gasteiger partial charge in [0.05, 0.1) is 12.8 Å². The second-order valence-corrected chi connectivity index (χ2v) is 4.48. The van der Waals surface area contributed by atoms with Gasteiger partial charge >= 0.3 is 0 Å². The van der Waals surface area contributed by atoms with Crippen LogP contribution in [0.2, 0.25) is 0 Å². The number of hydrogen-bond acceptors (Lipinski definition) is 4. The van der Waals surface area contributed by atoms with Crippen molar-refractivity contribution in [1.82, 2.24) is 4.90 Å². The van der Waals surface area contributed by atoms with Gasteiger partial charge in [0.15, 0.2) is 0 Å². The third kappa shape index (κ3) is 2.29. The van der Waals surface area contributed by atoms with Crippen molar-refractivity contribution < 1.29 is 9.15 Å². The van der Waals surface area contributed by atoms with Gasteiger partial charge in [0.2, 0.25) is 0 Å². The van der Waals surface area contributed by atoms with E-state index >= 15 is 0 Å². The summed E-state index contributed by atoms with van der Waals surface area (Å²) in [4.78, 5) is 2.30. The molecule has 1 saturated heterocycles. The summed E-state index contributed by atoms with van der Waals surface area (Å²) in [5.41, 5.74) is 6.01. The number of likely N-dealkylation sites (N-methyl/N-ethyl adjacent to an activating group) is 1. The zero-order valence-electron chi connectivity index (χ0n) is 9.82. The first kappa shape index (κ1) is 11.6. The van der Waals surface area contributed by atoms with E-state index in [4.69, 9.17) is 14.9 Å². The van der Waals surface area contributed by atoms with Crippen molar-refractivity contribution in [3.63, 3.8) is 0 Å². The normalized spacial score (nSPS) is 20.2. The minimum absolute atomic E-state index is 0.0744. The molecule has 2 heterocycles. The molecule has 2 rings (SSSR count). The van der Waals surface area contributed by atoms with Crippen molar-refractivity contribution in [2.45, 2.75) is 24.9 Å². The van der Waals surface area contributed by atoms with Gasteiger partial charge in [-0.05, 0) is 32.0 Å². The average Bonchev–Trinajstić information content (AvgIpc) is 2.82. The van der Waals surface area contributed by atoms with Crippen LogP contribution in [0.25, 0.3) is 0 Å². The van der Waals surface area contributed by atoms with Gasteiger partial charge in [0, 0.05) is 25.3 Å². The molecule has 0 saturated carbocycles. The Morgan fingerprint density at radius 3 is 2.75 bits per heavy atom. The molecule has 1 aromatic rings. The molecule has 0 atom stereocenters. The van der Waals surface area contributed by atoms with Crippen LogP contribution in [-0.2, 0) is 11.3 Å². The highest BCUT2D eigenvalue weighted by molar-refractivity contribution is 5.01. The Kier molecular flexibility index (Phi) is 3.63. The number of nitrogens with two attached hydrogens (primary N) is 1. The smallest absolute Gasteiger partial charge is 0.117 e. The molecule has 1 aromatic heterocycles. The van der Waals surface area contributed by atoms with Crippen molar-refractivity contribution in [3.8, 4) is 0 Å². The molecule has 0 bridgehead atoms. The van der Waals surface area contributed by atoms with Crippen LogP contribution in [0.15, 0.2) is 22.8 Å². The van der Waals surface area contributed by atoms with E-state index in [2.05, 4.69) is 11.9 Å². The molecule has 0 aromatic carbocycles. The Morgan fingerprint density at radius 2 is 2.19 bits per heavy atom. The lowest BCUT2D eigenvalue weighted by Crippen LogP contribution is -2.54. The predicted molar refractivity (Wildman–Crippen MR) is 62.0 cm³/mol. The molecule has 1 aliphatic heterocycles. The molecule has 0 aliphatic carbocycles. The van der Waals surface area contributed by atoms with Crippen LogP contribution in [0.1, 0.15) is 18.6 Å². The number of rotatable bonds is 4. The molecule has 0 radical (unpaired) electrons. The van der Waals surface area contributed by atoms with Crippen LogP contribution in [0, 0.1) is 0 Å². The maximum absolute atomic E-state index is 5.94. The average molecular weight is 224 g/mol. The molecule has 4 heteroatoms. The minimum atomic E-state index is 0.0744. The van der Waals surface area contributed by atoms with Crippen LogP contribution in [0.3, 0.4) is 0 Å². The summed E-state index contributed by atoms with van der Waals surface area (Å²) in [5, 5.41) is 0. The Bertz CT molecular complexity index is 305. The van der Waals surface area contributed by atoms with Crippen molar-refractivity contribution in [3.05, 3.63) is 24.2 Å². The zero-order valence-corrected chi connectivity index (χ0v) is 9.82. The predicted octanol–water partition coefficient (Wildman–Crippen LogP) is 1.22. The Morgan fingerprint density at radius 1 is 1.44 bits per heavy atom. The standard InChI is InChI=1S/C12H20N2O2/c1-14(9-11-3-2-6-16-11)12(10-13)4-7-15-8-5-12/h2-3,6H,4-5,7-10,13H2,1H3. The first-order chi connectivity index (χ1) is 7.77. The SMILES string of the molecule is CN(Cc1ccco1)C1(CN)CCOCC1. The number of hydrogen-bond donors (Lipinski definition) is 1. The van der Waals surface area contributed by atoms with E-state index in [0.29, 0.717) is 6.54 Å². The summed E-state index contributed by atoms with van der Waals surface area (Å²) < 4.78 is 10.8. The van der Waals surface area contributed by atoms with Crippen LogP contribution in [0.5, 0.6) is 0 Å². The van der Waals surface area contributed by atoms with Gasteiger partial charge in [-0.1, -0.05) is 0 Å². The second-order valence-electron chi connectivity index (χ2n) is 4.48. The van der Waals surface area contributed by atoms with E-state index in [-0.39, 0.29) is 5.54 Å². The lowest BCUT2D eigenvalue weighted by Gasteiger charge is -2.43. The number of furan rings is 1. The summed E-state index contributed by atoms with van der Waals surface area (Å²) >= 11 is 0. The highest BCUT2D eigenvalue weighted by atomic mass is 16.5. The molecule has 16 heavy (non-hydrogen) atoms. The molecule has 90 valence electrons. The third-order valence-corrected chi connectivity index (χ3v) is 3.59. The van der Waals surface area contributed by atoms with E-state index in [1.165, 1.54) is 0 Å². The van der Waals surface area contributed by atoms with E-state index in [9.17, 15) is 0 Å². The first-order valence-electron chi connectivity index (χ1n) is 5.78. The first-order valence-corrected chi connectivity index (χ1v) is 5.78. The van der Waals surface area contributed by atoms with E-state index in [1.54, 1.807) is 6.26 Å². The van der Waals surface area contributed by atoms with Gasteiger partial charge in [0.25, 0.3) is 0 Å². The fourth-order valence-electron chi connectivity index (χ4n) is 2.30. The van der Waals surface area contributed by atoms with Gasteiger partial charge < -0.3 is 14.9 Å². The zero-order chi connectivity index (χ0) is 11.4. The molecule has 0 unspecified atom stereocenters. The van der Waals surface area contributed by atoms with Gasteiger partial charge in [-0.2, -0.15) is 0 Å². The van der Waals surface area contributed by atoms with E-state index in [1.807, 2.05) is 12.1 Å². The molecule has 0 spiro atoms. The minimum Gasteiger partial charge on any atom is -0.468 e. The van der Waals surface area contributed by atoms with Crippen LogP contribution < -0.4 is 5.73 Å². The molecule has 0 amide bonds. The summed E-state index contributed by atoms with van der Waals surface area (Å²) in [6.45, 7) is 3.09. The lowest BCUT2D eigenvalue weighted by molar-refractivity contribution is -0.0185. The number of nitrogens with zero attached hydrogens (tertiary/aromatic N) is 1. The highest BCUT2D eigenvalue weighted by Gasteiger charge is 2.35. The highest BCUT2D eigenvalue weighted by Crippen LogP contribution is 2.27. The summed E-state index contributed by atoms with van der Waals surface area (Å²) in [6, 6.07) is 3.92.